The van der Waals surface area contributed by atoms with Gasteiger partial charge in [0.15, 0.2) is 0 Å². The minimum absolute atomic E-state index is 0.0495. The number of nitrogens with one attached hydrogen (secondary N) is 1. The van der Waals surface area contributed by atoms with Crippen molar-refractivity contribution >= 4 is 64.1 Å². The van der Waals surface area contributed by atoms with Gasteiger partial charge in [0.1, 0.15) is 7.11 Å². The molecule has 2 saturated heterocycles. The third-order valence-electron chi connectivity index (χ3n) is 7.66. The van der Waals surface area contributed by atoms with E-state index in [1.807, 2.05) is 17.0 Å². The molecule has 41 heavy (non-hydrogen) atoms. The molecular formula is C29H35Cl4N5O3. The summed E-state index contributed by atoms with van der Waals surface area (Å²) < 4.78 is 0. The lowest BCUT2D eigenvalue weighted by Crippen LogP contribution is -2.54. The fourth-order valence-corrected chi connectivity index (χ4v) is 6.38. The quantitative estimate of drug-likeness (QED) is 0.239. The van der Waals surface area contributed by atoms with Crippen LogP contribution in [0.5, 0.6) is 0 Å². The smallest absolute Gasteiger partial charge is 0.317 e. The van der Waals surface area contributed by atoms with Crippen molar-refractivity contribution in [1.82, 2.24) is 20.0 Å². The lowest BCUT2D eigenvalue weighted by molar-refractivity contribution is 0.0812. The first-order chi connectivity index (χ1) is 19.7. The average molecular weight is 643 g/mol. The zero-order valence-electron chi connectivity index (χ0n) is 23.2. The standard InChI is InChI=1S/C29H35Cl4N5O3/c1-36(28(39)20-14-21(30)17-22(31)15-20)18-27(35-41-2)24(19-4-5-25(32)26(33)16-19)8-13-37-11-6-23(7-12-37)38-10-3-9-34-29(38)40/h4-5,14-17,23-24H,3,6-13,18H2,1-2H3,(H,34,40)/b35-27-/t24-/m1/s1. The van der Waals surface area contributed by atoms with E-state index >= 15 is 0 Å². The van der Waals surface area contributed by atoms with E-state index in [-0.39, 0.29) is 30.4 Å². The molecule has 0 radical (unpaired) electrons. The van der Waals surface area contributed by atoms with Crippen LogP contribution in [0.25, 0.3) is 0 Å². The van der Waals surface area contributed by atoms with Gasteiger partial charge in [-0.3, -0.25) is 4.79 Å². The van der Waals surface area contributed by atoms with E-state index < -0.39 is 0 Å². The number of amides is 3. The number of oxime groups is 1. The van der Waals surface area contributed by atoms with Crippen molar-refractivity contribution in [3.63, 3.8) is 0 Å². The minimum atomic E-state index is -0.241. The molecule has 0 aromatic heterocycles. The first-order valence-electron chi connectivity index (χ1n) is 13.7. The molecule has 2 aliphatic rings. The molecule has 0 aliphatic carbocycles. The monoisotopic (exact) mass is 641 g/mol. The van der Waals surface area contributed by atoms with Crippen molar-refractivity contribution in [3.8, 4) is 0 Å². The summed E-state index contributed by atoms with van der Waals surface area (Å²) >= 11 is 24.9. The summed E-state index contributed by atoms with van der Waals surface area (Å²) in [6.45, 7) is 4.38. The summed E-state index contributed by atoms with van der Waals surface area (Å²) in [5, 5.41) is 9.02. The SMILES string of the molecule is CO/N=C(/CN(C)C(=O)c1cc(Cl)cc(Cl)c1)[C@H](CCN1CCC(N2CCCNC2=O)CC1)c1ccc(Cl)c(Cl)c1. The Kier molecular flexibility index (Phi) is 11.4. The van der Waals surface area contributed by atoms with Gasteiger partial charge in [-0.05, 0) is 68.1 Å². The Morgan fingerprint density at radius 2 is 1.78 bits per heavy atom. The molecule has 1 N–H and O–H groups in total. The van der Waals surface area contributed by atoms with E-state index in [0.29, 0.717) is 31.4 Å². The predicted octanol–water partition coefficient (Wildman–Crippen LogP) is 6.43. The number of benzene rings is 2. The van der Waals surface area contributed by atoms with Crippen LogP contribution in [0.2, 0.25) is 20.1 Å². The molecular weight excluding hydrogens is 608 g/mol. The van der Waals surface area contributed by atoms with Gasteiger partial charge in [-0.25, -0.2) is 4.79 Å². The number of urea groups is 1. The average Bonchev–Trinajstić information content (AvgIpc) is 2.94. The topological polar surface area (TPSA) is 77.5 Å². The van der Waals surface area contributed by atoms with Crippen molar-refractivity contribution in [2.45, 2.75) is 37.6 Å². The lowest BCUT2D eigenvalue weighted by atomic mass is 9.89. The molecule has 2 fully saturated rings. The van der Waals surface area contributed by atoms with Crippen molar-refractivity contribution in [1.29, 1.82) is 0 Å². The lowest BCUT2D eigenvalue weighted by Gasteiger charge is -2.40. The summed E-state index contributed by atoms with van der Waals surface area (Å²) in [6.07, 6.45) is 3.58. The Morgan fingerprint density at radius 3 is 2.41 bits per heavy atom. The Hall–Kier alpha value is -2.23. The van der Waals surface area contributed by atoms with Gasteiger partial charge in [0.2, 0.25) is 0 Å². The summed E-state index contributed by atoms with van der Waals surface area (Å²) in [5.41, 5.74) is 1.99. The fourth-order valence-electron chi connectivity index (χ4n) is 5.55. The van der Waals surface area contributed by atoms with Crippen LogP contribution in [0.4, 0.5) is 4.79 Å². The second-order valence-electron chi connectivity index (χ2n) is 10.5. The highest BCUT2D eigenvalue weighted by atomic mass is 35.5. The van der Waals surface area contributed by atoms with Gasteiger partial charge in [0, 0.05) is 60.8 Å². The molecule has 12 heteroatoms. The summed E-state index contributed by atoms with van der Waals surface area (Å²) in [7, 11) is 3.20. The Bertz CT molecular complexity index is 1250. The molecule has 2 aromatic rings. The molecule has 2 heterocycles. The number of piperidine rings is 1. The Morgan fingerprint density at radius 1 is 1.07 bits per heavy atom. The van der Waals surface area contributed by atoms with Crippen LogP contribution in [0.1, 0.15) is 47.5 Å². The second kappa shape index (κ2) is 14.8. The van der Waals surface area contributed by atoms with Gasteiger partial charge in [0.25, 0.3) is 5.91 Å². The van der Waals surface area contributed by atoms with E-state index in [1.165, 1.54) is 7.11 Å². The predicted molar refractivity (Wildman–Crippen MR) is 166 cm³/mol. The number of likely N-dealkylation sites (tertiary alicyclic amines) is 1. The third-order valence-corrected chi connectivity index (χ3v) is 8.83. The Labute approximate surface area is 261 Å². The van der Waals surface area contributed by atoms with Gasteiger partial charge in [-0.15, -0.1) is 0 Å². The molecule has 222 valence electrons. The maximum absolute atomic E-state index is 13.3. The van der Waals surface area contributed by atoms with Crippen molar-refractivity contribution in [2.24, 2.45) is 5.16 Å². The number of carbonyl (C=O) groups excluding carboxylic acids is 2. The van der Waals surface area contributed by atoms with E-state index in [2.05, 4.69) is 15.4 Å². The number of rotatable bonds is 10. The highest BCUT2D eigenvalue weighted by Crippen LogP contribution is 2.31. The van der Waals surface area contributed by atoms with E-state index in [1.54, 1.807) is 36.2 Å². The molecule has 0 unspecified atom stereocenters. The molecule has 2 aliphatic heterocycles. The van der Waals surface area contributed by atoms with Crippen molar-refractivity contribution < 1.29 is 14.4 Å². The van der Waals surface area contributed by atoms with Crippen LogP contribution in [0.15, 0.2) is 41.6 Å². The first-order valence-corrected chi connectivity index (χ1v) is 15.2. The maximum atomic E-state index is 13.3. The number of hydrogen-bond acceptors (Lipinski definition) is 5. The van der Waals surface area contributed by atoms with Crippen LogP contribution in [-0.4, -0.2) is 91.8 Å². The maximum Gasteiger partial charge on any atom is 0.317 e. The number of halogens is 4. The van der Waals surface area contributed by atoms with E-state index in [4.69, 9.17) is 51.2 Å². The van der Waals surface area contributed by atoms with Gasteiger partial charge in [-0.2, -0.15) is 0 Å². The highest BCUT2D eigenvalue weighted by Gasteiger charge is 2.30. The largest absolute Gasteiger partial charge is 0.399 e. The third kappa shape index (κ3) is 8.42. The minimum Gasteiger partial charge on any atom is -0.399 e. The molecule has 1 atom stereocenters. The van der Waals surface area contributed by atoms with Crippen LogP contribution in [0, 0.1) is 0 Å². The summed E-state index contributed by atoms with van der Waals surface area (Å²) in [5.74, 6) is -0.427. The molecule has 4 rings (SSSR count). The zero-order valence-corrected chi connectivity index (χ0v) is 26.2. The van der Waals surface area contributed by atoms with Crippen molar-refractivity contribution in [3.05, 3.63) is 67.6 Å². The van der Waals surface area contributed by atoms with E-state index in [9.17, 15) is 9.59 Å². The van der Waals surface area contributed by atoms with Gasteiger partial charge < -0.3 is 24.9 Å². The van der Waals surface area contributed by atoms with Crippen LogP contribution in [-0.2, 0) is 4.84 Å². The molecule has 8 nitrogen and oxygen atoms in total. The van der Waals surface area contributed by atoms with Gasteiger partial charge in [0.05, 0.1) is 22.3 Å². The molecule has 0 bridgehead atoms. The summed E-state index contributed by atoms with van der Waals surface area (Å²) in [4.78, 5) is 36.8. The normalized spacial score (nSPS) is 17.8. The van der Waals surface area contributed by atoms with Gasteiger partial charge >= 0.3 is 6.03 Å². The summed E-state index contributed by atoms with van der Waals surface area (Å²) in [6, 6.07) is 10.6. The van der Waals surface area contributed by atoms with E-state index in [0.717, 1.165) is 64.0 Å². The Balaban J connectivity index is 1.48. The van der Waals surface area contributed by atoms with Crippen LogP contribution in [0.3, 0.4) is 0 Å². The number of hydrogen-bond donors (Lipinski definition) is 1. The second-order valence-corrected chi connectivity index (χ2v) is 12.1. The van der Waals surface area contributed by atoms with Crippen LogP contribution >= 0.6 is 46.4 Å². The molecule has 2 aromatic carbocycles. The first kappa shape index (κ1) is 31.7. The van der Waals surface area contributed by atoms with Gasteiger partial charge in [-0.1, -0.05) is 57.6 Å². The highest BCUT2D eigenvalue weighted by molar-refractivity contribution is 6.42. The fraction of sp³-hybridized carbons (Fsp3) is 0.483. The molecule has 3 amide bonds. The van der Waals surface area contributed by atoms with Crippen molar-refractivity contribution in [2.75, 3.05) is 53.4 Å². The molecule has 0 spiro atoms. The molecule has 0 saturated carbocycles. The zero-order chi connectivity index (χ0) is 29.5. The number of carbonyl (C=O) groups is 2. The van der Waals surface area contributed by atoms with Crippen LogP contribution < -0.4 is 5.32 Å². The number of nitrogens with zero attached hydrogens (tertiary/aromatic N) is 4.